The predicted octanol–water partition coefficient (Wildman–Crippen LogP) is 2.64. The molecule has 7 nitrogen and oxygen atoms in total. The van der Waals surface area contributed by atoms with Gasteiger partial charge in [-0.15, -0.1) is 0 Å². The zero-order valence-corrected chi connectivity index (χ0v) is 16.7. The van der Waals surface area contributed by atoms with Crippen LogP contribution in [0.3, 0.4) is 0 Å². The molecule has 0 saturated carbocycles. The molecule has 4 rings (SSSR count). The number of imidazole rings is 1. The SMILES string of the molecule is COc1ccc(CCNC(=O)N2CCN(Cc3nc4ccccc4[nH]3)CC2)cc1. The second-order valence-electron chi connectivity index (χ2n) is 7.29. The molecule has 1 saturated heterocycles. The van der Waals surface area contributed by atoms with Crippen LogP contribution in [0.2, 0.25) is 0 Å². The Hall–Kier alpha value is -3.06. The fourth-order valence-corrected chi connectivity index (χ4v) is 3.62. The van der Waals surface area contributed by atoms with E-state index in [0.717, 1.165) is 61.8 Å². The summed E-state index contributed by atoms with van der Waals surface area (Å²) in [4.78, 5) is 24.7. The van der Waals surface area contributed by atoms with Crippen LogP contribution in [0.15, 0.2) is 48.5 Å². The Kier molecular flexibility index (Phi) is 5.95. The molecule has 1 aliphatic rings. The van der Waals surface area contributed by atoms with E-state index in [1.807, 2.05) is 53.4 Å². The summed E-state index contributed by atoms with van der Waals surface area (Å²) in [6.45, 7) is 4.57. The zero-order chi connectivity index (χ0) is 20.1. The topological polar surface area (TPSA) is 73.5 Å². The first kappa shape index (κ1) is 19.3. The van der Waals surface area contributed by atoms with Gasteiger partial charge in [-0.2, -0.15) is 0 Å². The third kappa shape index (κ3) is 4.86. The van der Waals surface area contributed by atoms with E-state index in [-0.39, 0.29) is 6.03 Å². The van der Waals surface area contributed by atoms with Gasteiger partial charge in [0.2, 0.25) is 0 Å². The van der Waals surface area contributed by atoms with Gasteiger partial charge in [0.15, 0.2) is 0 Å². The molecule has 0 aliphatic carbocycles. The smallest absolute Gasteiger partial charge is 0.317 e. The fraction of sp³-hybridized carbons (Fsp3) is 0.364. The van der Waals surface area contributed by atoms with E-state index in [2.05, 4.69) is 20.2 Å². The summed E-state index contributed by atoms with van der Waals surface area (Å²) in [5, 5.41) is 3.03. The van der Waals surface area contributed by atoms with Crippen LogP contribution in [0, 0.1) is 0 Å². The van der Waals surface area contributed by atoms with E-state index in [9.17, 15) is 4.79 Å². The van der Waals surface area contributed by atoms with Crippen LogP contribution in [0.5, 0.6) is 5.75 Å². The fourth-order valence-electron chi connectivity index (χ4n) is 3.62. The first-order valence-electron chi connectivity index (χ1n) is 10.0. The first-order valence-corrected chi connectivity index (χ1v) is 10.0. The number of hydrogen-bond acceptors (Lipinski definition) is 4. The summed E-state index contributed by atoms with van der Waals surface area (Å²) in [5.74, 6) is 1.82. The highest BCUT2D eigenvalue weighted by Gasteiger charge is 2.21. The van der Waals surface area contributed by atoms with E-state index in [1.165, 1.54) is 5.56 Å². The number of carbonyl (C=O) groups is 1. The van der Waals surface area contributed by atoms with Gasteiger partial charge in [0.1, 0.15) is 11.6 Å². The molecule has 1 aromatic heterocycles. The van der Waals surface area contributed by atoms with Crippen molar-refractivity contribution in [1.29, 1.82) is 0 Å². The number of para-hydroxylation sites is 2. The van der Waals surface area contributed by atoms with E-state index in [4.69, 9.17) is 4.74 Å². The summed E-state index contributed by atoms with van der Waals surface area (Å²) in [6, 6.07) is 16.0. The average Bonchev–Trinajstić information content (AvgIpc) is 3.17. The summed E-state index contributed by atoms with van der Waals surface area (Å²) in [5.41, 5.74) is 3.25. The number of fused-ring (bicyclic) bond motifs is 1. The quantitative estimate of drug-likeness (QED) is 0.675. The number of urea groups is 1. The summed E-state index contributed by atoms with van der Waals surface area (Å²) in [7, 11) is 1.66. The molecule has 1 aliphatic heterocycles. The Morgan fingerprint density at radius 3 is 2.59 bits per heavy atom. The highest BCUT2D eigenvalue weighted by molar-refractivity contribution is 5.75. The van der Waals surface area contributed by atoms with Gasteiger partial charge in [0, 0.05) is 32.7 Å². The van der Waals surface area contributed by atoms with Crippen molar-refractivity contribution in [1.82, 2.24) is 25.1 Å². The molecule has 0 radical (unpaired) electrons. The Morgan fingerprint density at radius 2 is 1.86 bits per heavy atom. The standard InChI is InChI=1S/C22H27N5O2/c1-29-18-8-6-17(7-9-18)10-11-23-22(28)27-14-12-26(13-15-27)16-21-24-19-4-2-3-5-20(19)25-21/h2-9H,10-16H2,1H3,(H,23,28)(H,24,25). The van der Waals surface area contributed by atoms with Gasteiger partial charge < -0.3 is 19.9 Å². The van der Waals surface area contributed by atoms with Gasteiger partial charge in [0.05, 0.1) is 24.7 Å². The Morgan fingerprint density at radius 1 is 1.10 bits per heavy atom. The molecule has 2 N–H and O–H groups in total. The van der Waals surface area contributed by atoms with Crippen LogP contribution in [-0.4, -0.2) is 65.6 Å². The van der Waals surface area contributed by atoms with Crippen molar-refractivity contribution in [3.8, 4) is 5.75 Å². The Balaban J connectivity index is 1.20. The molecule has 7 heteroatoms. The van der Waals surface area contributed by atoms with Crippen molar-refractivity contribution < 1.29 is 9.53 Å². The molecule has 0 atom stereocenters. The molecule has 0 spiro atoms. The maximum absolute atomic E-state index is 12.4. The summed E-state index contributed by atoms with van der Waals surface area (Å²) in [6.07, 6.45) is 0.807. The lowest BCUT2D eigenvalue weighted by atomic mass is 10.1. The molecule has 152 valence electrons. The molecule has 2 aromatic carbocycles. The first-order chi connectivity index (χ1) is 14.2. The number of rotatable bonds is 6. The maximum Gasteiger partial charge on any atom is 0.317 e. The Labute approximate surface area is 170 Å². The number of nitrogens with zero attached hydrogens (tertiary/aromatic N) is 3. The number of aromatic nitrogens is 2. The van der Waals surface area contributed by atoms with Crippen molar-refractivity contribution >= 4 is 17.1 Å². The molecule has 0 unspecified atom stereocenters. The minimum Gasteiger partial charge on any atom is -0.497 e. The van der Waals surface area contributed by atoms with Crippen molar-refractivity contribution in [2.24, 2.45) is 0 Å². The van der Waals surface area contributed by atoms with Gasteiger partial charge in [0.25, 0.3) is 0 Å². The molecule has 3 aromatic rings. The van der Waals surface area contributed by atoms with E-state index in [0.29, 0.717) is 6.54 Å². The van der Waals surface area contributed by atoms with E-state index in [1.54, 1.807) is 7.11 Å². The summed E-state index contributed by atoms with van der Waals surface area (Å²) < 4.78 is 5.17. The molecule has 2 amide bonds. The maximum atomic E-state index is 12.4. The Bertz CT molecular complexity index is 912. The lowest BCUT2D eigenvalue weighted by Crippen LogP contribution is -2.51. The van der Waals surface area contributed by atoms with Gasteiger partial charge in [-0.25, -0.2) is 9.78 Å². The third-order valence-electron chi connectivity index (χ3n) is 5.32. The summed E-state index contributed by atoms with van der Waals surface area (Å²) >= 11 is 0. The van der Waals surface area contributed by atoms with E-state index < -0.39 is 0 Å². The third-order valence-corrected chi connectivity index (χ3v) is 5.32. The van der Waals surface area contributed by atoms with Gasteiger partial charge in [-0.3, -0.25) is 4.90 Å². The lowest BCUT2D eigenvalue weighted by Gasteiger charge is -2.34. The number of methoxy groups -OCH3 is 1. The van der Waals surface area contributed by atoms with Gasteiger partial charge in [-0.1, -0.05) is 24.3 Å². The number of ether oxygens (including phenoxy) is 1. The van der Waals surface area contributed by atoms with Crippen LogP contribution in [-0.2, 0) is 13.0 Å². The largest absolute Gasteiger partial charge is 0.497 e. The van der Waals surface area contributed by atoms with Gasteiger partial charge >= 0.3 is 6.03 Å². The lowest BCUT2D eigenvalue weighted by molar-refractivity contribution is 0.134. The average molecular weight is 393 g/mol. The number of benzene rings is 2. The number of carbonyl (C=O) groups excluding carboxylic acids is 1. The number of piperazine rings is 1. The minimum absolute atomic E-state index is 0.0156. The molecular weight excluding hydrogens is 366 g/mol. The highest BCUT2D eigenvalue weighted by Crippen LogP contribution is 2.13. The number of hydrogen-bond donors (Lipinski definition) is 2. The predicted molar refractivity (Wildman–Crippen MR) is 113 cm³/mol. The molecule has 0 bridgehead atoms. The number of aromatic amines is 1. The van der Waals surface area contributed by atoms with Crippen LogP contribution >= 0.6 is 0 Å². The number of H-pyrrole nitrogens is 1. The van der Waals surface area contributed by atoms with Crippen molar-refractivity contribution in [3.63, 3.8) is 0 Å². The normalized spacial score (nSPS) is 14.9. The molecule has 29 heavy (non-hydrogen) atoms. The number of amides is 2. The highest BCUT2D eigenvalue weighted by atomic mass is 16.5. The van der Waals surface area contributed by atoms with Crippen LogP contribution in [0.4, 0.5) is 4.79 Å². The molecular formula is C22H27N5O2. The van der Waals surface area contributed by atoms with Gasteiger partial charge in [-0.05, 0) is 36.2 Å². The van der Waals surface area contributed by atoms with E-state index >= 15 is 0 Å². The van der Waals surface area contributed by atoms with Crippen LogP contribution in [0.25, 0.3) is 11.0 Å². The second kappa shape index (κ2) is 8.96. The van der Waals surface area contributed by atoms with Crippen LogP contribution in [0.1, 0.15) is 11.4 Å². The minimum atomic E-state index is 0.0156. The van der Waals surface area contributed by atoms with Crippen molar-refractivity contribution in [2.75, 3.05) is 39.8 Å². The monoisotopic (exact) mass is 393 g/mol. The van der Waals surface area contributed by atoms with Crippen molar-refractivity contribution in [2.45, 2.75) is 13.0 Å². The molecule has 1 fully saturated rings. The van der Waals surface area contributed by atoms with Crippen molar-refractivity contribution in [3.05, 3.63) is 59.9 Å². The molecule has 2 heterocycles. The number of nitrogens with one attached hydrogen (secondary N) is 2. The van der Waals surface area contributed by atoms with Crippen LogP contribution < -0.4 is 10.1 Å². The zero-order valence-electron chi connectivity index (χ0n) is 16.7. The second-order valence-corrected chi connectivity index (χ2v) is 7.29.